The van der Waals surface area contributed by atoms with Gasteiger partial charge in [-0.15, -0.1) is 12.4 Å². The summed E-state index contributed by atoms with van der Waals surface area (Å²) in [5, 5.41) is 15.1. The molecular weight excluding hydrogens is 460 g/mol. The minimum atomic E-state index is -0.454. The molecule has 1 aliphatic rings. The molecule has 1 saturated heterocycles. The fourth-order valence-electron chi connectivity index (χ4n) is 2.92. The lowest BCUT2D eigenvalue weighted by Crippen LogP contribution is -2.50. The summed E-state index contributed by atoms with van der Waals surface area (Å²) in [7, 11) is 0. The van der Waals surface area contributed by atoms with Gasteiger partial charge in [0, 0.05) is 35.9 Å². The third-order valence-corrected chi connectivity index (χ3v) is 4.91. The number of halogens is 1. The van der Waals surface area contributed by atoms with Crippen LogP contribution in [-0.4, -0.2) is 41.3 Å². The number of ether oxygens (including phenoxy) is 1. The van der Waals surface area contributed by atoms with Crippen molar-refractivity contribution >= 4 is 41.5 Å². The number of anilines is 3. The number of amides is 3. The van der Waals surface area contributed by atoms with Crippen molar-refractivity contribution in [1.29, 1.82) is 0 Å². The van der Waals surface area contributed by atoms with Crippen LogP contribution >= 0.6 is 12.4 Å². The molecule has 180 valence electrons. The summed E-state index contributed by atoms with van der Waals surface area (Å²) >= 11 is 0. The summed E-state index contributed by atoms with van der Waals surface area (Å²) in [4.78, 5) is 28.8. The van der Waals surface area contributed by atoms with E-state index >= 15 is 0 Å². The lowest BCUT2D eigenvalue weighted by atomic mass is 9.93. The van der Waals surface area contributed by atoms with Crippen LogP contribution in [0.25, 0.3) is 0 Å². The Hall–Kier alpha value is -3.63. The molecule has 3 amide bonds. The van der Waals surface area contributed by atoms with Gasteiger partial charge in [-0.25, -0.2) is 9.78 Å². The van der Waals surface area contributed by atoms with E-state index in [2.05, 4.69) is 31.4 Å². The lowest BCUT2D eigenvalue weighted by Gasteiger charge is -2.27. The molecule has 0 aliphatic carbocycles. The molecule has 3 aromatic rings. The highest BCUT2D eigenvalue weighted by Gasteiger charge is 2.20. The van der Waals surface area contributed by atoms with Crippen molar-refractivity contribution in [3.8, 4) is 5.75 Å². The number of pyridine rings is 1. The Kier molecular flexibility index (Phi) is 7.75. The number of aromatic nitrogens is 2. The van der Waals surface area contributed by atoms with E-state index in [0.717, 1.165) is 13.1 Å². The molecule has 0 bridgehead atoms. The zero-order valence-corrected chi connectivity index (χ0v) is 19.9. The second-order valence-corrected chi connectivity index (χ2v) is 8.71. The van der Waals surface area contributed by atoms with Crippen LogP contribution in [0.4, 0.5) is 22.0 Å². The number of hydrogen-bond donors (Lipinski definition) is 4. The molecule has 0 radical (unpaired) electrons. The molecule has 4 N–H and O–H groups in total. The van der Waals surface area contributed by atoms with Crippen LogP contribution in [0.2, 0.25) is 0 Å². The standard InChI is InChI=1S/C23H26N6O4.ClH/c1-23(2,3)19-10-20(29-33-19)28-22(31)27-15-6-4-14(5-7-15)26-21(30)18-9-8-16(13-25-18)32-17-11-24-12-17;/h4-10,13,17,24H,11-12H2,1-3H3,(H,26,30)(H2,27,28,29,31);1H. The quantitative estimate of drug-likeness (QED) is 0.413. The Labute approximate surface area is 203 Å². The lowest BCUT2D eigenvalue weighted by molar-refractivity contribution is 0.102. The Balaban J connectivity index is 0.00000324. The summed E-state index contributed by atoms with van der Waals surface area (Å²) in [5.41, 5.74) is 1.19. The first-order valence-electron chi connectivity index (χ1n) is 10.6. The largest absolute Gasteiger partial charge is 0.486 e. The minimum absolute atomic E-state index is 0. The van der Waals surface area contributed by atoms with Crippen molar-refractivity contribution in [2.24, 2.45) is 0 Å². The third kappa shape index (κ3) is 6.46. The van der Waals surface area contributed by atoms with Crippen LogP contribution in [0.1, 0.15) is 37.0 Å². The molecule has 34 heavy (non-hydrogen) atoms. The molecule has 11 heteroatoms. The van der Waals surface area contributed by atoms with Gasteiger partial charge < -0.3 is 25.2 Å². The molecule has 1 aliphatic heterocycles. The van der Waals surface area contributed by atoms with Crippen molar-refractivity contribution in [1.82, 2.24) is 15.5 Å². The van der Waals surface area contributed by atoms with Crippen LogP contribution in [0, 0.1) is 0 Å². The number of urea groups is 1. The van der Waals surface area contributed by atoms with Gasteiger partial charge >= 0.3 is 6.03 Å². The summed E-state index contributed by atoms with van der Waals surface area (Å²) in [6.07, 6.45) is 1.69. The first-order chi connectivity index (χ1) is 15.8. The molecule has 10 nitrogen and oxygen atoms in total. The topological polar surface area (TPSA) is 130 Å². The average Bonchev–Trinajstić information content (AvgIpc) is 3.21. The number of rotatable bonds is 6. The molecule has 0 unspecified atom stereocenters. The van der Waals surface area contributed by atoms with Crippen LogP contribution in [0.3, 0.4) is 0 Å². The predicted octanol–water partition coefficient (Wildman–Crippen LogP) is 4.04. The van der Waals surface area contributed by atoms with Crippen LogP contribution in [0.15, 0.2) is 53.2 Å². The van der Waals surface area contributed by atoms with Crippen molar-refractivity contribution in [2.45, 2.75) is 32.3 Å². The number of hydrogen-bond acceptors (Lipinski definition) is 7. The van der Waals surface area contributed by atoms with Crippen LogP contribution in [0.5, 0.6) is 5.75 Å². The van der Waals surface area contributed by atoms with Crippen molar-refractivity contribution in [2.75, 3.05) is 29.0 Å². The maximum absolute atomic E-state index is 12.4. The normalized spacial score (nSPS) is 13.3. The summed E-state index contributed by atoms with van der Waals surface area (Å²) < 4.78 is 10.9. The molecule has 4 rings (SSSR count). The van der Waals surface area contributed by atoms with Crippen LogP contribution in [-0.2, 0) is 5.41 Å². The van der Waals surface area contributed by atoms with Crippen molar-refractivity contribution in [3.05, 3.63) is 60.1 Å². The average molecular weight is 487 g/mol. The Morgan fingerprint density at radius 1 is 1.03 bits per heavy atom. The van der Waals surface area contributed by atoms with Gasteiger partial charge in [0.25, 0.3) is 5.91 Å². The van der Waals surface area contributed by atoms with E-state index in [9.17, 15) is 9.59 Å². The second-order valence-electron chi connectivity index (χ2n) is 8.71. The number of carbonyl (C=O) groups is 2. The van der Waals surface area contributed by atoms with Crippen molar-refractivity contribution < 1.29 is 18.8 Å². The number of nitrogens with one attached hydrogen (secondary N) is 4. The van der Waals surface area contributed by atoms with Gasteiger partial charge in [0.1, 0.15) is 23.3 Å². The van der Waals surface area contributed by atoms with Gasteiger partial charge in [0.05, 0.1) is 6.20 Å². The zero-order chi connectivity index (χ0) is 23.4. The molecule has 2 aromatic heterocycles. The van der Waals surface area contributed by atoms with Gasteiger partial charge in [-0.1, -0.05) is 25.9 Å². The number of benzene rings is 1. The molecule has 1 aromatic carbocycles. The van der Waals surface area contributed by atoms with E-state index < -0.39 is 6.03 Å². The van der Waals surface area contributed by atoms with Crippen molar-refractivity contribution in [3.63, 3.8) is 0 Å². The smallest absolute Gasteiger partial charge is 0.324 e. The SMILES string of the molecule is CC(C)(C)c1cc(NC(=O)Nc2ccc(NC(=O)c3ccc(OC4CNC4)cn3)cc2)no1.Cl. The summed E-state index contributed by atoms with van der Waals surface area (Å²) in [6, 6.07) is 11.3. The van der Waals surface area contributed by atoms with Gasteiger partial charge in [-0.3, -0.25) is 10.1 Å². The molecule has 0 saturated carbocycles. The second kappa shape index (κ2) is 10.5. The first kappa shape index (κ1) is 25.0. The van der Waals surface area contributed by atoms with Gasteiger partial charge in [0.15, 0.2) is 5.82 Å². The Bertz CT molecular complexity index is 1120. The summed E-state index contributed by atoms with van der Waals surface area (Å²) in [5.74, 6) is 1.29. The molecule has 0 atom stereocenters. The monoisotopic (exact) mass is 486 g/mol. The van der Waals surface area contributed by atoms with Gasteiger partial charge in [-0.05, 0) is 36.4 Å². The fraction of sp³-hybridized carbons (Fsp3) is 0.304. The number of carbonyl (C=O) groups excluding carboxylic acids is 2. The van der Waals surface area contributed by atoms with E-state index in [0.29, 0.717) is 28.7 Å². The number of nitrogens with zero attached hydrogens (tertiary/aromatic N) is 2. The predicted molar refractivity (Wildman–Crippen MR) is 131 cm³/mol. The maximum atomic E-state index is 12.4. The minimum Gasteiger partial charge on any atom is -0.486 e. The van der Waals surface area contributed by atoms with Gasteiger partial charge in [-0.2, -0.15) is 0 Å². The maximum Gasteiger partial charge on any atom is 0.324 e. The molecular formula is C23H27ClN6O4. The van der Waals surface area contributed by atoms with E-state index in [1.165, 1.54) is 6.20 Å². The van der Waals surface area contributed by atoms with Gasteiger partial charge in [0.2, 0.25) is 0 Å². The molecule has 3 heterocycles. The Morgan fingerprint density at radius 2 is 1.71 bits per heavy atom. The summed E-state index contributed by atoms with van der Waals surface area (Å²) in [6.45, 7) is 7.60. The highest BCUT2D eigenvalue weighted by Crippen LogP contribution is 2.24. The van der Waals surface area contributed by atoms with Crippen LogP contribution < -0.4 is 26.0 Å². The highest BCUT2D eigenvalue weighted by molar-refractivity contribution is 6.03. The third-order valence-electron chi connectivity index (χ3n) is 4.91. The Morgan fingerprint density at radius 3 is 2.24 bits per heavy atom. The highest BCUT2D eigenvalue weighted by atomic mass is 35.5. The molecule has 1 fully saturated rings. The van der Waals surface area contributed by atoms with E-state index in [-0.39, 0.29) is 35.5 Å². The fourth-order valence-corrected chi connectivity index (χ4v) is 2.92. The van der Waals surface area contributed by atoms with E-state index in [1.54, 1.807) is 42.5 Å². The van der Waals surface area contributed by atoms with E-state index in [4.69, 9.17) is 9.26 Å². The van der Waals surface area contributed by atoms with E-state index in [1.807, 2.05) is 20.8 Å². The molecule has 0 spiro atoms. The first-order valence-corrected chi connectivity index (χ1v) is 10.6. The zero-order valence-electron chi connectivity index (χ0n) is 19.0.